The van der Waals surface area contributed by atoms with Gasteiger partial charge in [-0.2, -0.15) is 0 Å². The number of carboxylic acid groups (broad SMARTS) is 1. The Morgan fingerprint density at radius 1 is 1.13 bits per heavy atom. The second-order valence-electron chi connectivity index (χ2n) is 4.89. The maximum absolute atomic E-state index is 13.2. The van der Waals surface area contributed by atoms with Crippen LogP contribution in [0.25, 0.3) is 0 Å². The van der Waals surface area contributed by atoms with E-state index in [0.717, 1.165) is 4.90 Å². The Bertz CT molecular complexity index is 679. The fraction of sp³-hybridized carbons (Fsp3) is 0.176. The summed E-state index contributed by atoms with van der Waals surface area (Å²) in [7, 11) is 0. The zero-order chi connectivity index (χ0) is 16.7. The van der Waals surface area contributed by atoms with Crippen LogP contribution in [0.1, 0.15) is 5.56 Å². The van der Waals surface area contributed by atoms with E-state index < -0.39 is 17.8 Å². The highest BCUT2D eigenvalue weighted by atomic mass is 32.2. The smallest absolute Gasteiger partial charge is 0.326 e. The second-order valence-corrected chi connectivity index (χ2v) is 5.94. The number of hydrogen-bond donors (Lipinski definition) is 2. The Morgan fingerprint density at radius 2 is 1.87 bits per heavy atom. The van der Waals surface area contributed by atoms with Crippen molar-refractivity contribution in [2.24, 2.45) is 0 Å². The fourth-order valence-electron chi connectivity index (χ4n) is 2.00. The average Bonchev–Trinajstić information content (AvgIpc) is 2.53. The van der Waals surface area contributed by atoms with Gasteiger partial charge >= 0.3 is 5.97 Å². The van der Waals surface area contributed by atoms with Gasteiger partial charge in [0.1, 0.15) is 11.9 Å². The van der Waals surface area contributed by atoms with Crippen LogP contribution in [0.3, 0.4) is 0 Å². The van der Waals surface area contributed by atoms with Gasteiger partial charge in [-0.25, -0.2) is 9.18 Å². The molecule has 1 amide bonds. The normalized spacial score (nSPS) is 11.7. The lowest BCUT2D eigenvalue weighted by Crippen LogP contribution is -2.43. The summed E-state index contributed by atoms with van der Waals surface area (Å²) in [5.74, 6) is -1.83. The van der Waals surface area contributed by atoms with Gasteiger partial charge in [0.15, 0.2) is 0 Å². The number of carboxylic acids is 1. The zero-order valence-electron chi connectivity index (χ0n) is 12.2. The number of rotatable bonds is 7. The summed E-state index contributed by atoms with van der Waals surface area (Å²) in [6, 6.07) is 14.0. The van der Waals surface area contributed by atoms with Gasteiger partial charge in [-0.15, -0.1) is 11.8 Å². The van der Waals surface area contributed by atoms with E-state index >= 15 is 0 Å². The van der Waals surface area contributed by atoms with Gasteiger partial charge < -0.3 is 10.4 Å². The van der Waals surface area contributed by atoms with Gasteiger partial charge in [0.2, 0.25) is 5.91 Å². The Morgan fingerprint density at radius 3 is 2.52 bits per heavy atom. The highest BCUT2D eigenvalue weighted by Gasteiger charge is 2.20. The van der Waals surface area contributed by atoms with E-state index in [9.17, 15) is 19.1 Å². The van der Waals surface area contributed by atoms with Gasteiger partial charge in [0.05, 0.1) is 5.75 Å². The third-order valence-corrected chi connectivity index (χ3v) is 4.09. The lowest BCUT2D eigenvalue weighted by Gasteiger charge is -2.14. The third-order valence-electron chi connectivity index (χ3n) is 3.08. The maximum atomic E-state index is 13.2. The summed E-state index contributed by atoms with van der Waals surface area (Å²) in [5, 5.41) is 11.7. The van der Waals surface area contributed by atoms with E-state index in [2.05, 4.69) is 5.32 Å². The van der Waals surface area contributed by atoms with Crippen molar-refractivity contribution < 1.29 is 19.1 Å². The fourth-order valence-corrected chi connectivity index (χ4v) is 2.73. The van der Waals surface area contributed by atoms with Crippen LogP contribution >= 0.6 is 11.8 Å². The van der Waals surface area contributed by atoms with Crippen LogP contribution in [0.5, 0.6) is 0 Å². The first-order chi connectivity index (χ1) is 11.0. The van der Waals surface area contributed by atoms with Crippen molar-refractivity contribution in [1.29, 1.82) is 0 Å². The van der Waals surface area contributed by atoms with E-state index in [1.807, 2.05) is 30.3 Å². The van der Waals surface area contributed by atoms with Gasteiger partial charge in [-0.05, 0) is 29.8 Å². The molecule has 0 fully saturated rings. The van der Waals surface area contributed by atoms with Crippen molar-refractivity contribution in [3.05, 3.63) is 66.0 Å². The Balaban J connectivity index is 1.91. The van der Waals surface area contributed by atoms with Crippen molar-refractivity contribution >= 4 is 23.6 Å². The lowest BCUT2D eigenvalue weighted by atomic mass is 10.1. The minimum Gasteiger partial charge on any atom is -0.480 e. The van der Waals surface area contributed by atoms with Gasteiger partial charge in [0, 0.05) is 11.3 Å². The van der Waals surface area contributed by atoms with E-state index in [0.29, 0.717) is 5.56 Å². The molecule has 0 heterocycles. The first kappa shape index (κ1) is 17.0. The molecule has 1 unspecified atom stereocenters. The molecule has 0 saturated carbocycles. The number of aliphatic carboxylic acids is 1. The second kappa shape index (κ2) is 8.33. The van der Waals surface area contributed by atoms with E-state index in [4.69, 9.17) is 0 Å². The minimum atomic E-state index is -1.15. The Kier molecular flexibility index (Phi) is 6.17. The van der Waals surface area contributed by atoms with Crippen molar-refractivity contribution in [3.63, 3.8) is 0 Å². The summed E-state index contributed by atoms with van der Waals surface area (Å²) < 4.78 is 13.2. The molecule has 23 heavy (non-hydrogen) atoms. The SMILES string of the molecule is O=C(CSc1ccccc1)NC(Cc1cccc(F)c1)C(=O)O. The molecule has 0 saturated heterocycles. The molecular weight excluding hydrogens is 317 g/mol. The molecule has 1 atom stereocenters. The van der Waals surface area contributed by atoms with Crippen LogP contribution < -0.4 is 5.32 Å². The predicted molar refractivity (Wildman–Crippen MR) is 86.8 cm³/mol. The zero-order valence-corrected chi connectivity index (χ0v) is 13.1. The van der Waals surface area contributed by atoms with Gasteiger partial charge in [0.25, 0.3) is 0 Å². The molecule has 0 aliphatic rings. The summed E-state index contributed by atoms with van der Waals surface area (Å²) in [4.78, 5) is 24.1. The summed E-state index contributed by atoms with van der Waals surface area (Å²) in [6.45, 7) is 0. The monoisotopic (exact) mass is 333 g/mol. The molecule has 120 valence electrons. The first-order valence-corrected chi connectivity index (χ1v) is 7.97. The van der Waals surface area contributed by atoms with Crippen molar-refractivity contribution in [2.75, 3.05) is 5.75 Å². The molecule has 0 aliphatic heterocycles. The van der Waals surface area contributed by atoms with Crippen LogP contribution in [-0.4, -0.2) is 28.8 Å². The molecule has 0 aliphatic carbocycles. The van der Waals surface area contributed by atoms with Crippen molar-refractivity contribution in [3.8, 4) is 0 Å². The first-order valence-electron chi connectivity index (χ1n) is 6.99. The number of halogens is 1. The number of thioether (sulfide) groups is 1. The highest BCUT2D eigenvalue weighted by Crippen LogP contribution is 2.16. The molecular formula is C17H16FNO3S. The van der Waals surface area contributed by atoms with Gasteiger partial charge in [-0.3, -0.25) is 4.79 Å². The highest BCUT2D eigenvalue weighted by molar-refractivity contribution is 8.00. The van der Waals surface area contributed by atoms with Crippen LogP contribution in [0, 0.1) is 5.82 Å². The van der Waals surface area contributed by atoms with E-state index in [-0.39, 0.29) is 18.1 Å². The topological polar surface area (TPSA) is 66.4 Å². The van der Waals surface area contributed by atoms with E-state index in [1.54, 1.807) is 6.07 Å². The quantitative estimate of drug-likeness (QED) is 0.765. The standard InChI is InChI=1S/C17H16FNO3S/c18-13-6-4-5-12(9-13)10-15(17(21)22)19-16(20)11-23-14-7-2-1-3-8-14/h1-9,15H,10-11H2,(H,19,20)(H,21,22). The lowest BCUT2D eigenvalue weighted by molar-refractivity contribution is -0.141. The van der Waals surface area contributed by atoms with Crippen LogP contribution in [0.2, 0.25) is 0 Å². The number of benzene rings is 2. The van der Waals surface area contributed by atoms with Crippen LogP contribution in [0.4, 0.5) is 4.39 Å². The third kappa shape index (κ3) is 5.75. The summed E-state index contributed by atoms with van der Waals surface area (Å²) >= 11 is 1.33. The van der Waals surface area contributed by atoms with Crippen molar-refractivity contribution in [2.45, 2.75) is 17.4 Å². The molecule has 0 radical (unpaired) electrons. The predicted octanol–water partition coefficient (Wildman–Crippen LogP) is 2.73. The molecule has 2 aromatic rings. The van der Waals surface area contributed by atoms with Crippen LogP contribution in [-0.2, 0) is 16.0 Å². The van der Waals surface area contributed by atoms with Crippen LogP contribution in [0.15, 0.2) is 59.5 Å². The Hall–Kier alpha value is -2.34. The number of nitrogens with one attached hydrogen (secondary N) is 1. The number of carbonyl (C=O) groups is 2. The van der Waals surface area contributed by atoms with Crippen molar-refractivity contribution in [1.82, 2.24) is 5.32 Å². The van der Waals surface area contributed by atoms with E-state index in [1.165, 1.54) is 30.0 Å². The Labute approximate surface area is 137 Å². The summed E-state index contributed by atoms with van der Waals surface area (Å²) in [6.07, 6.45) is 0.0365. The number of hydrogen-bond acceptors (Lipinski definition) is 3. The molecule has 2 N–H and O–H groups in total. The molecule has 2 rings (SSSR count). The maximum Gasteiger partial charge on any atom is 0.326 e. The molecule has 0 aromatic heterocycles. The molecule has 0 bridgehead atoms. The molecule has 4 nitrogen and oxygen atoms in total. The molecule has 6 heteroatoms. The van der Waals surface area contributed by atoms with Gasteiger partial charge in [-0.1, -0.05) is 30.3 Å². The molecule has 2 aromatic carbocycles. The average molecular weight is 333 g/mol. The minimum absolute atomic E-state index is 0.0365. The summed E-state index contributed by atoms with van der Waals surface area (Å²) in [5.41, 5.74) is 0.522. The largest absolute Gasteiger partial charge is 0.480 e. The number of carbonyl (C=O) groups excluding carboxylic acids is 1. The number of amides is 1. The molecule has 0 spiro atoms.